The zero-order valence-corrected chi connectivity index (χ0v) is 18.6. The predicted molar refractivity (Wildman–Crippen MR) is 132 cm³/mol. The van der Waals surface area contributed by atoms with Crippen molar-refractivity contribution in [2.24, 2.45) is 0 Å². The van der Waals surface area contributed by atoms with E-state index in [4.69, 9.17) is 0 Å². The Kier molecular flexibility index (Phi) is 4.74. The second-order valence-electron chi connectivity index (χ2n) is 9.38. The average Bonchev–Trinajstić information content (AvgIpc) is 2.79. The van der Waals surface area contributed by atoms with Crippen molar-refractivity contribution in [3.63, 3.8) is 0 Å². The molecule has 2 heteroatoms. The molecule has 158 valence electrons. The van der Waals surface area contributed by atoms with E-state index in [0.29, 0.717) is 5.56 Å². The minimum Gasteiger partial charge on any atom is -0.478 e. The smallest absolute Gasteiger partial charge is 0.335 e. The fourth-order valence-corrected chi connectivity index (χ4v) is 4.74. The van der Waals surface area contributed by atoms with Gasteiger partial charge in [-0.25, -0.2) is 4.79 Å². The number of carbonyl (C=O) groups is 1. The molecule has 2 nitrogen and oxygen atoms in total. The van der Waals surface area contributed by atoms with Crippen molar-refractivity contribution >= 4 is 22.3 Å². The lowest BCUT2D eigenvalue weighted by molar-refractivity contribution is 0.0697. The number of hydrogen-bond donors (Lipinski definition) is 1. The highest BCUT2D eigenvalue weighted by atomic mass is 16.4. The Hall–Kier alpha value is -3.65. The molecular formula is C30H26O2. The summed E-state index contributed by atoms with van der Waals surface area (Å²) in [5, 5.41) is 11.6. The number of benzene rings is 4. The van der Waals surface area contributed by atoms with Gasteiger partial charge in [-0.3, -0.25) is 0 Å². The lowest BCUT2D eigenvalue weighted by atomic mass is 9.71. The number of carboxylic acid groups (broad SMARTS) is 1. The van der Waals surface area contributed by atoms with Crippen molar-refractivity contribution in [1.29, 1.82) is 0 Å². The number of carboxylic acids is 1. The Balaban J connectivity index is 1.72. The SMILES string of the molecule is Cc1ccc(C2=CCC(C)(C)c3cc4cccc(-c5ccc(C(=O)O)cc5)c4cc32)cc1. The Labute approximate surface area is 188 Å². The van der Waals surface area contributed by atoms with Crippen LogP contribution in [-0.2, 0) is 5.41 Å². The summed E-state index contributed by atoms with van der Waals surface area (Å²) in [6, 6.07) is 27.0. The Morgan fingerprint density at radius 3 is 2.22 bits per heavy atom. The van der Waals surface area contributed by atoms with Crippen molar-refractivity contribution in [3.8, 4) is 11.1 Å². The average molecular weight is 419 g/mol. The zero-order chi connectivity index (χ0) is 22.5. The van der Waals surface area contributed by atoms with E-state index in [1.165, 1.54) is 38.6 Å². The predicted octanol–water partition coefficient (Wildman–Crippen LogP) is 7.63. The van der Waals surface area contributed by atoms with E-state index in [-0.39, 0.29) is 5.41 Å². The van der Waals surface area contributed by atoms with Gasteiger partial charge in [0.05, 0.1) is 5.56 Å². The van der Waals surface area contributed by atoms with Crippen LogP contribution < -0.4 is 0 Å². The molecule has 0 spiro atoms. The van der Waals surface area contributed by atoms with Crippen LogP contribution in [0.15, 0.2) is 84.9 Å². The van der Waals surface area contributed by atoms with Crippen LogP contribution in [0.25, 0.3) is 27.5 Å². The molecule has 1 N–H and O–H groups in total. The van der Waals surface area contributed by atoms with E-state index in [0.717, 1.165) is 17.5 Å². The number of allylic oxidation sites excluding steroid dienone is 1. The number of aryl methyl sites for hydroxylation is 1. The van der Waals surface area contributed by atoms with Crippen molar-refractivity contribution in [1.82, 2.24) is 0 Å². The molecule has 0 bridgehead atoms. The first-order chi connectivity index (χ1) is 15.3. The van der Waals surface area contributed by atoms with Gasteiger partial charge in [-0.2, -0.15) is 0 Å². The van der Waals surface area contributed by atoms with E-state index in [1.54, 1.807) is 12.1 Å². The molecular weight excluding hydrogens is 392 g/mol. The summed E-state index contributed by atoms with van der Waals surface area (Å²) >= 11 is 0. The minimum absolute atomic E-state index is 0.0663. The standard InChI is InChI=1S/C30H26O2/c1-19-7-9-20(10-8-19)25-15-16-30(2,3)28-17-23-5-4-6-24(26(23)18-27(25)28)21-11-13-22(14-12-21)29(31)32/h4-15,17-18H,16H2,1-3H3,(H,31,32). The third-order valence-corrected chi connectivity index (χ3v) is 6.66. The van der Waals surface area contributed by atoms with Gasteiger partial charge in [-0.1, -0.05) is 80.1 Å². The molecule has 0 amide bonds. The molecule has 0 radical (unpaired) electrons. The second-order valence-corrected chi connectivity index (χ2v) is 9.38. The quantitative estimate of drug-likeness (QED) is 0.371. The van der Waals surface area contributed by atoms with Gasteiger partial charge in [-0.15, -0.1) is 0 Å². The maximum absolute atomic E-state index is 11.3. The van der Waals surface area contributed by atoms with E-state index < -0.39 is 5.97 Å². The van der Waals surface area contributed by atoms with Crippen LogP contribution in [0.2, 0.25) is 0 Å². The molecule has 0 saturated carbocycles. The fourth-order valence-electron chi connectivity index (χ4n) is 4.74. The first kappa shape index (κ1) is 20.3. The molecule has 0 aliphatic heterocycles. The van der Waals surface area contributed by atoms with Gasteiger partial charge in [-0.05, 0) is 87.2 Å². The molecule has 1 aliphatic carbocycles. The van der Waals surface area contributed by atoms with Crippen molar-refractivity contribution in [2.75, 3.05) is 0 Å². The number of rotatable bonds is 3. The molecule has 5 rings (SSSR count). The highest BCUT2D eigenvalue weighted by Gasteiger charge is 2.29. The molecule has 0 heterocycles. The zero-order valence-electron chi connectivity index (χ0n) is 18.6. The summed E-state index contributed by atoms with van der Waals surface area (Å²) < 4.78 is 0. The number of hydrogen-bond acceptors (Lipinski definition) is 1. The summed E-state index contributed by atoms with van der Waals surface area (Å²) in [6.45, 7) is 6.74. The van der Waals surface area contributed by atoms with Crippen LogP contribution in [0.5, 0.6) is 0 Å². The van der Waals surface area contributed by atoms with Gasteiger partial charge in [0.1, 0.15) is 0 Å². The monoisotopic (exact) mass is 418 g/mol. The van der Waals surface area contributed by atoms with Crippen molar-refractivity contribution in [3.05, 3.63) is 113 Å². The molecule has 0 atom stereocenters. The van der Waals surface area contributed by atoms with Crippen molar-refractivity contribution < 1.29 is 9.90 Å². The lowest BCUT2D eigenvalue weighted by Gasteiger charge is -2.33. The van der Waals surface area contributed by atoms with Gasteiger partial charge < -0.3 is 5.11 Å². The number of fused-ring (bicyclic) bond motifs is 2. The van der Waals surface area contributed by atoms with Gasteiger partial charge in [0.25, 0.3) is 0 Å². The largest absolute Gasteiger partial charge is 0.478 e. The van der Waals surface area contributed by atoms with E-state index >= 15 is 0 Å². The van der Waals surface area contributed by atoms with Gasteiger partial charge in [0.15, 0.2) is 0 Å². The van der Waals surface area contributed by atoms with Gasteiger partial charge in [0.2, 0.25) is 0 Å². The fraction of sp³-hybridized carbons (Fsp3) is 0.167. The Morgan fingerprint density at radius 2 is 1.53 bits per heavy atom. The summed E-state index contributed by atoms with van der Waals surface area (Å²) in [5.74, 6) is -0.904. The van der Waals surface area contributed by atoms with Crippen LogP contribution >= 0.6 is 0 Å². The molecule has 0 aromatic heterocycles. The first-order valence-corrected chi connectivity index (χ1v) is 11.0. The summed E-state index contributed by atoms with van der Waals surface area (Å²) in [6.07, 6.45) is 3.38. The van der Waals surface area contributed by atoms with Crippen LogP contribution in [0, 0.1) is 6.92 Å². The highest BCUT2D eigenvalue weighted by Crippen LogP contribution is 2.44. The molecule has 0 fully saturated rings. The normalized spacial score (nSPS) is 14.7. The Bertz CT molecular complexity index is 1370. The van der Waals surface area contributed by atoms with Gasteiger partial charge in [0, 0.05) is 0 Å². The maximum Gasteiger partial charge on any atom is 0.335 e. The first-order valence-electron chi connectivity index (χ1n) is 11.0. The summed E-state index contributed by atoms with van der Waals surface area (Å²) in [4.78, 5) is 11.3. The van der Waals surface area contributed by atoms with Crippen LogP contribution in [-0.4, -0.2) is 11.1 Å². The second kappa shape index (κ2) is 7.49. The van der Waals surface area contributed by atoms with E-state index in [9.17, 15) is 9.90 Å². The molecule has 1 aliphatic rings. The topological polar surface area (TPSA) is 37.3 Å². The van der Waals surface area contributed by atoms with E-state index in [2.05, 4.69) is 81.4 Å². The van der Waals surface area contributed by atoms with Crippen LogP contribution in [0.1, 0.15) is 52.9 Å². The van der Waals surface area contributed by atoms with Crippen LogP contribution in [0.4, 0.5) is 0 Å². The minimum atomic E-state index is -0.904. The summed E-state index contributed by atoms with van der Waals surface area (Å²) in [5.41, 5.74) is 8.97. The molecule has 32 heavy (non-hydrogen) atoms. The summed E-state index contributed by atoms with van der Waals surface area (Å²) in [7, 11) is 0. The van der Waals surface area contributed by atoms with Gasteiger partial charge >= 0.3 is 5.97 Å². The van der Waals surface area contributed by atoms with E-state index in [1.807, 2.05) is 12.1 Å². The van der Waals surface area contributed by atoms with Crippen LogP contribution in [0.3, 0.4) is 0 Å². The molecule has 0 saturated heterocycles. The lowest BCUT2D eigenvalue weighted by Crippen LogP contribution is -2.22. The highest BCUT2D eigenvalue weighted by molar-refractivity contribution is 6.01. The van der Waals surface area contributed by atoms with Crippen molar-refractivity contribution in [2.45, 2.75) is 32.6 Å². The number of aromatic carboxylic acids is 1. The molecule has 4 aromatic carbocycles. The molecule has 4 aromatic rings. The Morgan fingerprint density at radius 1 is 0.844 bits per heavy atom. The third-order valence-electron chi connectivity index (χ3n) is 6.66. The maximum atomic E-state index is 11.3. The molecule has 0 unspecified atom stereocenters. The third kappa shape index (κ3) is 3.42.